The van der Waals surface area contributed by atoms with E-state index in [0.29, 0.717) is 40.4 Å². The van der Waals surface area contributed by atoms with Gasteiger partial charge in [0.25, 0.3) is 0 Å². The van der Waals surface area contributed by atoms with Crippen LogP contribution in [0.15, 0.2) is 24.3 Å². The molecule has 0 amide bonds. The lowest BCUT2D eigenvalue weighted by atomic mass is 9.84. The molecule has 1 saturated carbocycles. The molecule has 0 heterocycles. The predicted molar refractivity (Wildman–Crippen MR) is 87.7 cm³/mol. The van der Waals surface area contributed by atoms with Gasteiger partial charge in [-0.05, 0) is 66.4 Å². The Hall–Kier alpha value is -1.84. The van der Waals surface area contributed by atoms with Crippen molar-refractivity contribution in [1.29, 1.82) is 0 Å². The molecule has 3 rings (SSSR count). The largest absolute Gasteiger partial charge is 0.490 e. The Morgan fingerprint density at radius 3 is 2.41 bits per heavy atom. The van der Waals surface area contributed by atoms with E-state index in [-0.39, 0.29) is 11.6 Å². The van der Waals surface area contributed by atoms with E-state index < -0.39 is 0 Å². The lowest BCUT2D eigenvalue weighted by Gasteiger charge is -2.15. The highest BCUT2D eigenvalue weighted by Gasteiger charge is 2.23. The van der Waals surface area contributed by atoms with Crippen molar-refractivity contribution in [3.63, 3.8) is 0 Å². The first-order valence-electron chi connectivity index (χ1n) is 7.67. The third-order valence-electron chi connectivity index (χ3n) is 4.39. The van der Waals surface area contributed by atoms with Gasteiger partial charge in [-0.2, -0.15) is 0 Å². The van der Waals surface area contributed by atoms with Gasteiger partial charge in [0, 0.05) is 0 Å². The predicted octanol–water partition coefficient (Wildman–Crippen LogP) is 3.30. The maximum atomic E-state index is 14.5. The second kappa shape index (κ2) is 5.75. The second-order valence-corrected chi connectivity index (χ2v) is 6.17. The lowest BCUT2D eigenvalue weighted by molar-refractivity contribution is 0.285. The van der Waals surface area contributed by atoms with Crippen LogP contribution in [0.4, 0.5) is 8.78 Å². The summed E-state index contributed by atoms with van der Waals surface area (Å²) in [7, 11) is 1.73. The summed E-state index contributed by atoms with van der Waals surface area (Å²) in [5, 5.41) is 0. The second-order valence-electron chi connectivity index (χ2n) is 6.17. The van der Waals surface area contributed by atoms with Crippen molar-refractivity contribution in [2.24, 2.45) is 5.92 Å². The van der Waals surface area contributed by atoms with E-state index in [9.17, 15) is 8.78 Å². The van der Waals surface area contributed by atoms with Crippen molar-refractivity contribution in [1.82, 2.24) is 0 Å². The highest BCUT2D eigenvalue weighted by atomic mass is 19.1. The van der Waals surface area contributed by atoms with Crippen molar-refractivity contribution in [2.75, 3.05) is 6.61 Å². The molecule has 4 heteroatoms. The van der Waals surface area contributed by atoms with E-state index >= 15 is 0 Å². The smallest absolute Gasteiger partial charge is 0.168 e. The first kappa shape index (κ1) is 15.1. The number of rotatable bonds is 4. The number of ether oxygens (including phenoxy) is 1. The van der Waals surface area contributed by atoms with Crippen molar-refractivity contribution in [3.8, 4) is 16.9 Å². The fourth-order valence-electron chi connectivity index (χ4n) is 2.67. The van der Waals surface area contributed by atoms with Crippen LogP contribution in [0, 0.1) is 31.4 Å². The molecule has 22 heavy (non-hydrogen) atoms. The van der Waals surface area contributed by atoms with Gasteiger partial charge in [-0.1, -0.05) is 18.2 Å². The van der Waals surface area contributed by atoms with Gasteiger partial charge in [0.05, 0.1) is 6.61 Å². The van der Waals surface area contributed by atoms with Crippen molar-refractivity contribution in [3.05, 3.63) is 47.0 Å². The molecule has 1 fully saturated rings. The summed E-state index contributed by atoms with van der Waals surface area (Å²) in [5.74, 6) is 0.288. The summed E-state index contributed by atoms with van der Waals surface area (Å²) in [6, 6.07) is 7.04. The summed E-state index contributed by atoms with van der Waals surface area (Å²) in [4.78, 5) is 0. The van der Waals surface area contributed by atoms with Gasteiger partial charge in [0.15, 0.2) is 11.6 Å². The van der Waals surface area contributed by atoms with Crippen LogP contribution in [-0.4, -0.2) is 14.5 Å². The molecule has 2 aromatic carbocycles. The summed E-state index contributed by atoms with van der Waals surface area (Å²) >= 11 is 0. The molecule has 0 unspecified atom stereocenters. The zero-order valence-corrected chi connectivity index (χ0v) is 13.2. The van der Waals surface area contributed by atoms with Crippen LogP contribution in [-0.2, 0) is 0 Å². The molecule has 0 saturated heterocycles. The highest BCUT2D eigenvalue weighted by Crippen LogP contribution is 2.33. The van der Waals surface area contributed by atoms with Crippen LogP contribution < -0.4 is 10.2 Å². The van der Waals surface area contributed by atoms with Crippen LogP contribution in [0.5, 0.6) is 5.75 Å². The molecule has 1 aliphatic carbocycles. The number of halogens is 2. The summed E-state index contributed by atoms with van der Waals surface area (Å²) in [6.45, 7) is 4.02. The topological polar surface area (TPSA) is 9.23 Å². The van der Waals surface area contributed by atoms with Crippen LogP contribution in [0.3, 0.4) is 0 Å². The monoisotopic (exact) mass is 300 g/mol. The molecule has 0 atom stereocenters. The maximum Gasteiger partial charge on any atom is 0.168 e. The van der Waals surface area contributed by atoms with Gasteiger partial charge < -0.3 is 4.74 Å². The van der Waals surface area contributed by atoms with Crippen molar-refractivity contribution < 1.29 is 13.5 Å². The normalized spacial score (nSPS) is 14.2. The molecule has 114 valence electrons. The van der Waals surface area contributed by atoms with Crippen molar-refractivity contribution >= 4 is 13.3 Å². The summed E-state index contributed by atoms with van der Waals surface area (Å²) < 4.78 is 34.2. The van der Waals surface area contributed by atoms with Gasteiger partial charge in [0.2, 0.25) is 0 Å². The summed E-state index contributed by atoms with van der Waals surface area (Å²) in [5.41, 5.74) is 3.10. The SMILES string of the molecule is Bc1c(-c2ccc(OCC3CC3)c(F)c2C)ccc(C)c1F. The van der Waals surface area contributed by atoms with E-state index in [0.717, 1.165) is 5.56 Å². The average Bonchev–Trinajstić information content (AvgIpc) is 3.32. The molecule has 2 aromatic rings. The van der Waals surface area contributed by atoms with E-state index in [4.69, 9.17) is 4.74 Å². The third-order valence-corrected chi connectivity index (χ3v) is 4.39. The Morgan fingerprint density at radius 2 is 1.73 bits per heavy atom. The lowest BCUT2D eigenvalue weighted by Crippen LogP contribution is -2.14. The fraction of sp³-hybridized carbons (Fsp3) is 0.333. The first-order valence-corrected chi connectivity index (χ1v) is 7.67. The molecule has 0 aliphatic heterocycles. The van der Waals surface area contributed by atoms with Crippen LogP contribution >= 0.6 is 0 Å². The van der Waals surface area contributed by atoms with Crippen LogP contribution in [0.25, 0.3) is 11.1 Å². The fourth-order valence-corrected chi connectivity index (χ4v) is 2.67. The van der Waals surface area contributed by atoms with E-state index in [1.165, 1.54) is 12.8 Å². The van der Waals surface area contributed by atoms with Gasteiger partial charge in [0.1, 0.15) is 13.7 Å². The van der Waals surface area contributed by atoms with Gasteiger partial charge in [-0.25, -0.2) is 8.78 Å². The minimum atomic E-state index is -0.349. The number of hydrogen-bond acceptors (Lipinski definition) is 1. The zero-order chi connectivity index (χ0) is 15.9. The quantitative estimate of drug-likeness (QED) is 0.787. The summed E-state index contributed by atoms with van der Waals surface area (Å²) in [6.07, 6.45) is 2.33. The standard InChI is InChI=1S/C18H19BF2O/c1-10-3-6-14(16(19)17(10)20)13-7-8-15(18(21)11(13)2)22-9-12-4-5-12/h3,6-8,12H,4-5,9,19H2,1-2H3. The van der Waals surface area contributed by atoms with E-state index in [2.05, 4.69) is 0 Å². The van der Waals surface area contributed by atoms with E-state index in [1.807, 2.05) is 12.1 Å². The Balaban J connectivity index is 1.97. The molecule has 1 aliphatic rings. The highest BCUT2D eigenvalue weighted by molar-refractivity contribution is 6.36. The number of aryl methyl sites for hydroxylation is 1. The van der Waals surface area contributed by atoms with Crippen molar-refractivity contribution in [2.45, 2.75) is 26.7 Å². The van der Waals surface area contributed by atoms with Crippen LogP contribution in [0.1, 0.15) is 24.0 Å². The van der Waals surface area contributed by atoms with Gasteiger partial charge in [-0.3, -0.25) is 0 Å². The molecular weight excluding hydrogens is 281 g/mol. The number of hydrogen-bond donors (Lipinski definition) is 0. The number of benzene rings is 2. The minimum absolute atomic E-state index is 0.230. The first-order chi connectivity index (χ1) is 10.5. The Kier molecular flexibility index (Phi) is 3.94. The zero-order valence-electron chi connectivity index (χ0n) is 13.2. The average molecular weight is 300 g/mol. The molecule has 0 N–H and O–H groups in total. The Labute approximate surface area is 130 Å². The minimum Gasteiger partial charge on any atom is -0.490 e. The van der Waals surface area contributed by atoms with E-state index in [1.54, 1.807) is 33.8 Å². The molecule has 0 radical (unpaired) electrons. The third kappa shape index (κ3) is 2.74. The van der Waals surface area contributed by atoms with Gasteiger partial charge in [-0.15, -0.1) is 0 Å². The molecule has 1 nitrogen and oxygen atoms in total. The Morgan fingerprint density at radius 1 is 1.05 bits per heavy atom. The maximum absolute atomic E-state index is 14.5. The molecule has 0 spiro atoms. The van der Waals surface area contributed by atoms with Crippen LogP contribution in [0.2, 0.25) is 0 Å². The molecular formula is C18H19BF2O. The Bertz CT molecular complexity index is 724. The molecule has 0 aromatic heterocycles. The van der Waals surface area contributed by atoms with Gasteiger partial charge >= 0.3 is 0 Å². The molecule has 0 bridgehead atoms.